The van der Waals surface area contributed by atoms with Crippen LogP contribution in [0.1, 0.15) is 49.2 Å². The molecule has 1 aromatic heterocycles. The number of nitrogens with one attached hydrogen (secondary N) is 1. The van der Waals surface area contributed by atoms with Gasteiger partial charge in [0, 0.05) is 42.2 Å². The second-order valence-electron chi connectivity index (χ2n) is 7.55. The summed E-state index contributed by atoms with van der Waals surface area (Å²) in [7, 11) is 0. The number of hydrogen-bond acceptors (Lipinski definition) is 4. The Bertz CT molecular complexity index is 980. The molecule has 0 aliphatic carbocycles. The highest BCUT2D eigenvalue weighted by Crippen LogP contribution is 2.33. The number of amides is 1. The number of halogens is 4. The second-order valence-corrected chi connectivity index (χ2v) is 7.55. The van der Waals surface area contributed by atoms with Gasteiger partial charge in [0.25, 0.3) is 5.91 Å². The number of alkyl halides is 3. The summed E-state index contributed by atoms with van der Waals surface area (Å²) in [4.78, 5) is 14.1. The minimum absolute atomic E-state index is 0.0388. The maximum atomic E-state index is 14.4. The Morgan fingerprint density at radius 1 is 1.30 bits per heavy atom. The van der Waals surface area contributed by atoms with Crippen molar-refractivity contribution in [1.82, 2.24) is 14.7 Å². The van der Waals surface area contributed by atoms with Crippen LogP contribution < -0.4 is 11.1 Å². The van der Waals surface area contributed by atoms with Crippen molar-refractivity contribution >= 4 is 11.7 Å². The average molecular weight is 425 g/mol. The monoisotopic (exact) mass is 425 g/mol. The molecule has 10 heteroatoms. The van der Waals surface area contributed by atoms with E-state index in [0.717, 1.165) is 12.1 Å². The zero-order valence-electron chi connectivity index (χ0n) is 16.8. The molecule has 2 heterocycles. The fourth-order valence-corrected chi connectivity index (χ4v) is 3.29. The maximum absolute atomic E-state index is 14.4. The van der Waals surface area contributed by atoms with E-state index in [2.05, 4.69) is 10.4 Å². The lowest BCUT2D eigenvalue weighted by atomic mass is 10.0. The van der Waals surface area contributed by atoms with Gasteiger partial charge in [0.2, 0.25) is 0 Å². The first kappa shape index (κ1) is 21.7. The van der Waals surface area contributed by atoms with Gasteiger partial charge >= 0.3 is 6.18 Å². The van der Waals surface area contributed by atoms with Gasteiger partial charge in [-0.05, 0) is 32.9 Å². The van der Waals surface area contributed by atoms with E-state index < -0.39 is 35.1 Å². The molecule has 0 unspecified atom stereocenters. The summed E-state index contributed by atoms with van der Waals surface area (Å²) in [5, 5.41) is 7.53. The van der Waals surface area contributed by atoms with E-state index >= 15 is 0 Å². The molecule has 0 saturated heterocycles. The Labute approximate surface area is 171 Å². The van der Waals surface area contributed by atoms with E-state index in [0.29, 0.717) is 29.7 Å². The molecule has 1 aromatic carbocycles. The molecule has 30 heavy (non-hydrogen) atoms. The highest BCUT2D eigenvalue weighted by Gasteiger charge is 2.37. The average Bonchev–Trinajstić information content (AvgIpc) is 3.12. The first-order chi connectivity index (χ1) is 14.0. The van der Waals surface area contributed by atoms with Crippen LogP contribution in [0, 0.1) is 5.82 Å². The molecule has 6 nitrogen and oxygen atoms in total. The molecular weight excluding hydrogens is 402 g/mol. The molecule has 0 radical (unpaired) electrons. The molecule has 0 spiro atoms. The standard InChI is InChI=1S/C20H23F4N5O/c1-11(2)29-8-7-17(27-29)26-16-9-12(3)28(10-15(16)25)19(30)13-5-4-6-14(18(13)21)20(22,23)24/h4-8,11-12H,9-10,25H2,1-3H3,(H,26,27)/t12-/m0/s1. The van der Waals surface area contributed by atoms with Gasteiger partial charge in [0.1, 0.15) is 5.82 Å². The van der Waals surface area contributed by atoms with Crippen molar-refractivity contribution in [3.8, 4) is 0 Å². The lowest BCUT2D eigenvalue weighted by Crippen LogP contribution is -2.46. The third-order valence-corrected chi connectivity index (χ3v) is 4.97. The summed E-state index contributed by atoms with van der Waals surface area (Å²) in [6, 6.07) is 4.25. The number of nitrogens with zero attached hydrogens (tertiary/aromatic N) is 3. The van der Waals surface area contributed by atoms with Crippen molar-refractivity contribution in [3.63, 3.8) is 0 Å². The molecule has 162 valence electrons. The van der Waals surface area contributed by atoms with Gasteiger partial charge in [-0.2, -0.15) is 18.3 Å². The van der Waals surface area contributed by atoms with E-state index in [4.69, 9.17) is 5.73 Å². The van der Waals surface area contributed by atoms with Gasteiger partial charge < -0.3 is 16.0 Å². The minimum Gasteiger partial charge on any atom is -0.399 e. The number of carbonyl (C=O) groups is 1. The SMILES string of the molecule is CC(C)n1ccc(NC2=C(N)CN(C(=O)c3cccc(C(F)(F)F)c3F)[C@@H](C)C2)n1. The fraction of sp³-hybridized carbons (Fsp3) is 0.400. The largest absolute Gasteiger partial charge is 0.419 e. The zero-order valence-corrected chi connectivity index (χ0v) is 16.8. The van der Waals surface area contributed by atoms with Crippen molar-refractivity contribution in [2.75, 3.05) is 11.9 Å². The topological polar surface area (TPSA) is 76.2 Å². The van der Waals surface area contributed by atoms with Crippen LogP contribution in [0.3, 0.4) is 0 Å². The summed E-state index contributed by atoms with van der Waals surface area (Å²) in [5.41, 5.74) is 5.03. The van der Waals surface area contributed by atoms with Gasteiger partial charge in [-0.25, -0.2) is 4.39 Å². The quantitative estimate of drug-likeness (QED) is 0.722. The number of anilines is 1. The maximum Gasteiger partial charge on any atom is 0.419 e. The molecule has 0 bridgehead atoms. The highest BCUT2D eigenvalue weighted by atomic mass is 19.4. The summed E-state index contributed by atoms with van der Waals surface area (Å²) < 4.78 is 55.1. The van der Waals surface area contributed by atoms with Crippen molar-refractivity contribution < 1.29 is 22.4 Å². The summed E-state index contributed by atoms with van der Waals surface area (Å²) >= 11 is 0. The van der Waals surface area contributed by atoms with Crippen LogP contribution in [0.25, 0.3) is 0 Å². The van der Waals surface area contributed by atoms with Gasteiger partial charge in [0.15, 0.2) is 5.82 Å². The molecule has 1 aliphatic rings. The lowest BCUT2D eigenvalue weighted by Gasteiger charge is -2.35. The summed E-state index contributed by atoms with van der Waals surface area (Å²) in [6.07, 6.45) is -2.74. The Morgan fingerprint density at radius 2 is 2.00 bits per heavy atom. The van der Waals surface area contributed by atoms with Gasteiger partial charge in [0.05, 0.1) is 17.7 Å². The van der Waals surface area contributed by atoms with Crippen LogP contribution in [0.4, 0.5) is 23.4 Å². The molecule has 0 fully saturated rings. The molecule has 2 aromatic rings. The number of hydrogen-bond donors (Lipinski definition) is 2. The predicted molar refractivity (Wildman–Crippen MR) is 104 cm³/mol. The van der Waals surface area contributed by atoms with Gasteiger partial charge in [-0.1, -0.05) is 6.07 Å². The fourth-order valence-electron chi connectivity index (χ4n) is 3.29. The van der Waals surface area contributed by atoms with Crippen LogP contribution >= 0.6 is 0 Å². The van der Waals surface area contributed by atoms with E-state index in [-0.39, 0.29) is 12.6 Å². The number of rotatable bonds is 4. The molecule has 3 rings (SSSR count). The Kier molecular flexibility index (Phi) is 5.78. The van der Waals surface area contributed by atoms with E-state index in [1.165, 1.54) is 4.90 Å². The van der Waals surface area contributed by atoms with Gasteiger partial charge in [-0.3, -0.25) is 9.48 Å². The smallest absolute Gasteiger partial charge is 0.399 e. The molecule has 0 saturated carbocycles. The normalized spacial score (nSPS) is 17.6. The van der Waals surface area contributed by atoms with Crippen molar-refractivity contribution in [2.45, 2.75) is 45.5 Å². The predicted octanol–water partition coefficient (Wildman–Crippen LogP) is 4.14. The number of benzene rings is 1. The minimum atomic E-state index is -4.89. The first-order valence-electron chi connectivity index (χ1n) is 9.45. The zero-order chi connectivity index (χ0) is 22.2. The second kappa shape index (κ2) is 8.00. The van der Waals surface area contributed by atoms with E-state index in [1.807, 2.05) is 20.0 Å². The Hall–Kier alpha value is -3.04. The third kappa shape index (κ3) is 4.27. The third-order valence-electron chi connectivity index (χ3n) is 4.97. The lowest BCUT2D eigenvalue weighted by molar-refractivity contribution is -0.140. The molecule has 3 N–H and O–H groups in total. The van der Waals surface area contributed by atoms with Crippen molar-refractivity contribution in [2.24, 2.45) is 5.73 Å². The van der Waals surface area contributed by atoms with Crippen LogP contribution in [0.2, 0.25) is 0 Å². The Balaban J connectivity index is 1.82. The van der Waals surface area contributed by atoms with Crippen LogP contribution in [0.5, 0.6) is 0 Å². The van der Waals surface area contributed by atoms with Crippen molar-refractivity contribution in [1.29, 1.82) is 0 Å². The number of carbonyl (C=O) groups excluding carboxylic acids is 1. The van der Waals surface area contributed by atoms with Gasteiger partial charge in [-0.15, -0.1) is 0 Å². The van der Waals surface area contributed by atoms with Crippen LogP contribution in [-0.2, 0) is 6.18 Å². The van der Waals surface area contributed by atoms with Crippen LogP contribution in [-0.4, -0.2) is 33.2 Å². The molecule has 1 amide bonds. The first-order valence-corrected chi connectivity index (χ1v) is 9.45. The van der Waals surface area contributed by atoms with E-state index in [1.54, 1.807) is 17.7 Å². The summed E-state index contributed by atoms with van der Waals surface area (Å²) in [5.74, 6) is -1.82. The number of nitrogens with two attached hydrogens (primary N) is 1. The highest BCUT2D eigenvalue weighted by molar-refractivity contribution is 5.95. The van der Waals surface area contributed by atoms with Crippen LogP contribution in [0.15, 0.2) is 41.9 Å². The molecule has 1 atom stereocenters. The van der Waals surface area contributed by atoms with Crippen molar-refractivity contribution in [3.05, 3.63) is 58.8 Å². The van der Waals surface area contributed by atoms with E-state index in [9.17, 15) is 22.4 Å². The Morgan fingerprint density at radius 3 is 2.60 bits per heavy atom. The molecule has 1 aliphatic heterocycles. The summed E-state index contributed by atoms with van der Waals surface area (Å²) in [6.45, 7) is 5.67. The molecular formula is C20H23F4N5O. The number of aromatic nitrogens is 2.